The van der Waals surface area contributed by atoms with Gasteiger partial charge in [-0.25, -0.2) is 9.28 Å². The summed E-state index contributed by atoms with van der Waals surface area (Å²) in [5.41, 5.74) is 0.894. The van der Waals surface area contributed by atoms with Gasteiger partial charge in [-0.1, -0.05) is 6.92 Å². The van der Waals surface area contributed by atoms with Crippen molar-refractivity contribution in [3.8, 4) is 0 Å². The lowest BCUT2D eigenvalue weighted by atomic mass is 10.1. The number of nitrogens with zero attached hydrogens (tertiary/aromatic N) is 1. The van der Waals surface area contributed by atoms with Crippen LogP contribution in [0.3, 0.4) is 0 Å². The third kappa shape index (κ3) is 2.12. The van der Waals surface area contributed by atoms with Crippen LogP contribution >= 0.6 is 0 Å². The Kier molecular flexibility index (Phi) is 3.69. The zero-order chi connectivity index (χ0) is 11.5. The first-order chi connectivity index (χ1) is 7.06. The van der Waals surface area contributed by atoms with Crippen molar-refractivity contribution in [3.63, 3.8) is 0 Å². The van der Waals surface area contributed by atoms with Gasteiger partial charge in [-0.2, -0.15) is 0 Å². The molecule has 15 heavy (non-hydrogen) atoms. The van der Waals surface area contributed by atoms with Gasteiger partial charge in [0.15, 0.2) is 0 Å². The van der Waals surface area contributed by atoms with E-state index in [4.69, 9.17) is 0 Å². The molecule has 0 aromatic carbocycles. The van der Waals surface area contributed by atoms with E-state index in [-0.39, 0.29) is 5.91 Å². The summed E-state index contributed by atoms with van der Waals surface area (Å²) in [7, 11) is 1.83. The maximum absolute atomic E-state index is 12.1. The van der Waals surface area contributed by atoms with Gasteiger partial charge in [0, 0.05) is 18.8 Å². The first kappa shape index (κ1) is 12.0. The van der Waals surface area contributed by atoms with E-state index in [2.05, 4.69) is 26.1 Å². The van der Waals surface area contributed by atoms with Gasteiger partial charge in [0.05, 0.1) is 18.7 Å². The van der Waals surface area contributed by atoms with Crippen LogP contribution in [-0.4, -0.2) is 30.0 Å². The Balaban J connectivity index is 3.00. The quantitative estimate of drug-likeness (QED) is 0.715. The summed E-state index contributed by atoms with van der Waals surface area (Å²) in [4.78, 5) is 12.1. The normalized spacial score (nSPS) is 25.7. The number of amides is 1. The van der Waals surface area contributed by atoms with E-state index in [1.807, 2.05) is 19.3 Å². The zero-order valence-corrected chi connectivity index (χ0v) is 10.1. The van der Waals surface area contributed by atoms with E-state index in [0.29, 0.717) is 10.5 Å². The van der Waals surface area contributed by atoms with Gasteiger partial charge >= 0.3 is 5.91 Å². The minimum absolute atomic E-state index is 0.179. The topological polar surface area (TPSA) is 29.1 Å². The Labute approximate surface area is 92.0 Å². The van der Waals surface area contributed by atoms with Crippen LogP contribution in [0.4, 0.5) is 0 Å². The summed E-state index contributed by atoms with van der Waals surface area (Å²) < 4.78 is 0.446. The molecule has 1 amide bonds. The van der Waals surface area contributed by atoms with E-state index in [1.54, 1.807) is 6.08 Å². The molecule has 1 rings (SSSR count). The van der Waals surface area contributed by atoms with E-state index >= 15 is 0 Å². The third-order valence-corrected chi connectivity index (χ3v) is 3.01. The minimum Gasteiger partial charge on any atom is -0.388 e. The Hall–Kier alpha value is -1.09. The molecule has 0 bridgehead atoms. The summed E-state index contributed by atoms with van der Waals surface area (Å²) >= 11 is 0. The monoisotopic (exact) mass is 209 g/mol. The Morgan fingerprint density at radius 1 is 1.47 bits per heavy atom. The van der Waals surface area contributed by atoms with Crippen molar-refractivity contribution < 1.29 is 9.28 Å². The summed E-state index contributed by atoms with van der Waals surface area (Å²) in [6.07, 6.45) is 6.73. The first-order valence-electron chi connectivity index (χ1n) is 5.57. The third-order valence-electron chi connectivity index (χ3n) is 3.01. The lowest BCUT2D eigenvalue weighted by Gasteiger charge is -2.36. The molecule has 0 saturated heterocycles. The molecule has 1 N–H and O–H groups in total. The van der Waals surface area contributed by atoms with Gasteiger partial charge in [-0.15, -0.1) is 0 Å². The van der Waals surface area contributed by atoms with Crippen molar-refractivity contribution in [2.24, 2.45) is 0 Å². The molecule has 3 nitrogen and oxygen atoms in total. The molecule has 1 heterocycles. The summed E-state index contributed by atoms with van der Waals surface area (Å²) in [5.74, 6) is 0.179. The van der Waals surface area contributed by atoms with Crippen LogP contribution in [0.5, 0.6) is 0 Å². The van der Waals surface area contributed by atoms with Crippen molar-refractivity contribution >= 4 is 5.91 Å². The fourth-order valence-electron chi connectivity index (χ4n) is 1.98. The van der Waals surface area contributed by atoms with Crippen molar-refractivity contribution in [2.45, 2.75) is 33.2 Å². The number of likely N-dealkylation sites (N-methyl/N-ethyl adjacent to an activating group) is 1. The summed E-state index contributed by atoms with van der Waals surface area (Å²) in [6.45, 7) is 7.17. The second-order valence-electron chi connectivity index (χ2n) is 4.25. The number of rotatable bonds is 4. The van der Waals surface area contributed by atoms with Crippen molar-refractivity contribution in [2.75, 3.05) is 13.6 Å². The first-order valence-corrected chi connectivity index (χ1v) is 5.57. The fourth-order valence-corrected chi connectivity index (χ4v) is 1.98. The molecule has 0 aliphatic carbocycles. The fraction of sp³-hybridized carbons (Fsp3) is 0.583. The zero-order valence-electron chi connectivity index (χ0n) is 10.1. The maximum atomic E-state index is 12.1. The summed E-state index contributed by atoms with van der Waals surface area (Å²) in [5, 5.41) is 3.00. The maximum Gasteiger partial charge on any atom is 0.345 e. The predicted octanol–water partition coefficient (Wildman–Crippen LogP) is 1.78. The van der Waals surface area contributed by atoms with Crippen molar-refractivity contribution in [1.82, 2.24) is 5.32 Å². The highest BCUT2D eigenvalue weighted by molar-refractivity contribution is 5.84. The number of carbonyl (C=O) groups excluding carboxylic acids is 1. The molecule has 0 aromatic heterocycles. The molecule has 0 fully saturated rings. The highest BCUT2D eigenvalue weighted by Gasteiger charge is 2.37. The van der Waals surface area contributed by atoms with E-state index < -0.39 is 0 Å². The van der Waals surface area contributed by atoms with Gasteiger partial charge < -0.3 is 5.32 Å². The van der Waals surface area contributed by atoms with E-state index in [0.717, 1.165) is 18.7 Å². The smallest absolute Gasteiger partial charge is 0.345 e. The molecule has 3 heteroatoms. The predicted molar refractivity (Wildman–Crippen MR) is 61.8 cm³/mol. The van der Waals surface area contributed by atoms with Crippen molar-refractivity contribution in [3.05, 3.63) is 24.0 Å². The number of quaternary nitrogens is 1. The Bertz CT molecular complexity index is 305. The molecule has 1 unspecified atom stereocenters. The summed E-state index contributed by atoms with van der Waals surface area (Å²) in [6, 6.07) is 0.295. The van der Waals surface area contributed by atoms with E-state index in [1.165, 1.54) is 0 Å². The number of allylic oxidation sites excluding steroid dienone is 1. The highest BCUT2D eigenvalue weighted by Crippen LogP contribution is 2.22. The van der Waals surface area contributed by atoms with Crippen LogP contribution in [0, 0.1) is 0 Å². The van der Waals surface area contributed by atoms with Crippen LogP contribution in [0.25, 0.3) is 0 Å². The minimum atomic E-state index is 0.179. The van der Waals surface area contributed by atoms with Crippen molar-refractivity contribution in [1.29, 1.82) is 0 Å². The lowest BCUT2D eigenvalue weighted by molar-refractivity contribution is -0.824. The standard InChI is InChI=1S/C12H20N2O/c1-5-7-14(10(2)3)8-6-11(13-4)9-12(14)15/h6,8-10H,5,7H2,1-4H3/p+1. The lowest BCUT2D eigenvalue weighted by Crippen LogP contribution is -2.54. The van der Waals surface area contributed by atoms with Crippen LogP contribution in [0.2, 0.25) is 0 Å². The van der Waals surface area contributed by atoms with Crippen LogP contribution in [0.15, 0.2) is 24.0 Å². The number of carbonyl (C=O) groups is 1. The molecule has 1 atom stereocenters. The number of hydrogen-bond acceptors (Lipinski definition) is 2. The molecule has 0 aromatic rings. The molecule has 0 radical (unpaired) electrons. The molecular formula is C12H21N2O+. The van der Waals surface area contributed by atoms with Gasteiger partial charge in [-0.3, -0.25) is 0 Å². The molecule has 1 aliphatic rings. The Morgan fingerprint density at radius 2 is 2.13 bits per heavy atom. The average molecular weight is 209 g/mol. The highest BCUT2D eigenvalue weighted by atomic mass is 16.2. The van der Waals surface area contributed by atoms with Gasteiger partial charge in [0.2, 0.25) is 0 Å². The second kappa shape index (κ2) is 4.62. The van der Waals surface area contributed by atoms with Gasteiger partial charge in [-0.05, 0) is 20.3 Å². The molecule has 84 valence electrons. The molecule has 0 saturated carbocycles. The SMILES string of the molecule is CCC[N+]1(C(C)C)C=CC(NC)=CC1=O. The van der Waals surface area contributed by atoms with Gasteiger partial charge in [0.25, 0.3) is 0 Å². The largest absolute Gasteiger partial charge is 0.388 e. The molecule has 0 spiro atoms. The second-order valence-corrected chi connectivity index (χ2v) is 4.25. The molecule has 1 aliphatic heterocycles. The van der Waals surface area contributed by atoms with Crippen LogP contribution in [0.1, 0.15) is 27.2 Å². The van der Waals surface area contributed by atoms with E-state index in [9.17, 15) is 4.79 Å². The van der Waals surface area contributed by atoms with Crippen LogP contribution in [-0.2, 0) is 4.79 Å². The van der Waals surface area contributed by atoms with Gasteiger partial charge in [0.1, 0.15) is 6.20 Å². The average Bonchev–Trinajstić information content (AvgIpc) is 2.21. The van der Waals surface area contributed by atoms with Crippen LogP contribution < -0.4 is 5.32 Å². The molecular weight excluding hydrogens is 188 g/mol. The number of hydrogen-bond donors (Lipinski definition) is 1. The number of nitrogens with one attached hydrogen (secondary N) is 1. The Morgan fingerprint density at radius 3 is 2.53 bits per heavy atom.